The molecular formula is C23H34N2O4. The second-order valence-corrected chi connectivity index (χ2v) is 7.92. The standard InChI is InChI=1S/C17H19NO2.C5H12O.CH3NO/c1-4-14-8-7-13-6-5-12(11-15(13)18-14)9-10-17(2,3)16(19)20;1-5(2,3)6-4;2-1-3/h5-11H,4H2,1-3H3,(H,19,20);1-4H3;1H,(H2,2,3)/b10-9+;;. The number of methoxy groups -OCH3 is 1. The molecule has 6 nitrogen and oxygen atoms in total. The zero-order chi connectivity index (χ0) is 22.7. The smallest absolute Gasteiger partial charge is 0.312 e. The van der Waals surface area contributed by atoms with Crippen molar-refractivity contribution in [2.75, 3.05) is 7.11 Å². The Labute approximate surface area is 173 Å². The van der Waals surface area contributed by atoms with Crippen molar-refractivity contribution in [2.24, 2.45) is 11.1 Å². The van der Waals surface area contributed by atoms with E-state index in [2.05, 4.69) is 23.7 Å². The fraction of sp³-hybridized carbons (Fsp3) is 0.435. The zero-order valence-corrected chi connectivity index (χ0v) is 18.5. The highest BCUT2D eigenvalue weighted by atomic mass is 16.5. The monoisotopic (exact) mass is 402 g/mol. The number of hydrogen-bond donors (Lipinski definition) is 2. The van der Waals surface area contributed by atoms with Crippen LogP contribution in [0.15, 0.2) is 36.4 Å². The summed E-state index contributed by atoms with van der Waals surface area (Å²) in [5, 5.41) is 10.2. The Morgan fingerprint density at radius 3 is 2.14 bits per heavy atom. The third kappa shape index (κ3) is 10.4. The van der Waals surface area contributed by atoms with Crippen LogP contribution in [0.5, 0.6) is 0 Å². The van der Waals surface area contributed by atoms with Gasteiger partial charge in [0.1, 0.15) is 0 Å². The van der Waals surface area contributed by atoms with E-state index in [1.54, 1.807) is 27.0 Å². The number of carboxylic acids is 1. The van der Waals surface area contributed by atoms with Crippen molar-refractivity contribution in [1.29, 1.82) is 0 Å². The summed E-state index contributed by atoms with van der Waals surface area (Å²) in [5.41, 5.74) is 6.31. The molecule has 29 heavy (non-hydrogen) atoms. The van der Waals surface area contributed by atoms with E-state index in [0.717, 1.165) is 28.6 Å². The summed E-state index contributed by atoms with van der Waals surface area (Å²) in [6.07, 6.45) is 4.70. The van der Waals surface area contributed by atoms with Crippen LogP contribution in [0.4, 0.5) is 0 Å². The second-order valence-electron chi connectivity index (χ2n) is 7.92. The maximum atomic E-state index is 11.1. The van der Waals surface area contributed by atoms with Crippen LogP contribution in [0.3, 0.4) is 0 Å². The van der Waals surface area contributed by atoms with Crippen molar-refractivity contribution in [3.8, 4) is 0 Å². The number of benzene rings is 1. The molecule has 0 saturated carbocycles. The molecule has 0 bridgehead atoms. The van der Waals surface area contributed by atoms with Gasteiger partial charge in [0.2, 0.25) is 6.41 Å². The van der Waals surface area contributed by atoms with Crippen molar-refractivity contribution < 1.29 is 19.4 Å². The van der Waals surface area contributed by atoms with E-state index in [1.165, 1.54) is 0 Å². The van der Waals surface area contributed by atoms with Crippen molar-refractivity contribution in [3.05, 3.63) is 47.7 Å². The van der Waals surface area contributed by atoms with Gasteiger partial charge >= 0.3 is 5.97 Å². The van der Waals surface area contributed by atoms with Gasteiger partial charge in [0.05, 0.1) is 16.5 Å². The predicted molar refractivity (Wildman–Crippen MR) is 119 cm³/mol. The first-order valence-electron chi connectivity index (χ1n) is 9.43. The highest BCUT2D eigenvalue weighted by Crippen LogP contribution is 2.21. The Balaban J connectivity index is 0.000000736. The number of amides is 1. The molecule has 2 rings (SSSR count). The molecule has 1 amide bonds. The number of pyridine rings is 1. The minimum Gasteiger partial charge on any atom is -0.481 e. The number of primary amides is 1. The molecule has 6 heteroatoms. The summed E-state index contributed by atoms with van der Waals surface area (Å²) >= 11 is 0. The van der Waals surface area contributed by atoms with Gasteiger partial charge < -0.3 is 15.6 Å². The van der Waals surface area contributed by atoms with E-state index in [0.29, 0.717) is 0 Å². The van der Waals surface area contributed by atoms with Crippen LogP contribution in [-0.2, 0) is 20.7 Å². The second kappa shape index (κ2) is 12.0. The Morgan fingerprint density at radius 2 is 1.69 bits per heavy atom. The number of fused-ring (bicyclic) bond motifs is 1. The van der Waals surface area contributed by atoms with E-state index in [9.17, 15) is 4.79 Å². The quantitative estimate of drug-likeness (QED) is 0.735. The normalized spacial score (nSPS) is 11.3. The molecule has 1 heterocycles. The third-order valence-corrected chi connectivity index (χ3v) is 3.99. The van der Waals surface area contributed by atoms with Crippen LogP contribution < -0.4 is 5.73 Å². The molecular weight excluding hydrogens is 368 g/mol. The number of nitrogens with two attached hydrogens (primary N) is 1. The fourth-order valence-electron chi connectivity index (χ4n) is 1.85. The molecule has 0 radical (unpaired) electrons. The summed E-state index contributed by atoms with van der Waals surface area (Å²) in [4.78, 5) is 24.2. The Kier molecular flexibility index (Phi) is 10.8. The lowest BCUT2D eigenvalue weighted by Crippen LogP contribution is -2.20. The number of nitrogens with zero attached hydrogens (tertiary/aromatic N) is 1. The molecule has 3 N–H and O–H groups in total. The van der Waals surface area contributed by atoms with Crippen molar-refractivity contribution >= 4 is 29.4 Å². The Morgan fingerprint density at radius 1 is 1.17 bits per heavy atom. The largest absolute Gasteiger partial charge is 0.481 e. The van der Waals surface area contributed by atoms with Crippen molar-refractivity contribution in [1.82, 2.24) is 4.98 Å². The first-order valence-corrected chi connectivity index (χ1v) is 9.43. The molecule has 0 aliphatic rings. The molecule has 0 unspecified atom stereocenters. The predicted octanol–water partition coefficient (Wildman–Crippen LogP) is 4.45. The van der Waals surface area contributed by atoms with E-state index in [-0.39, 0.29) is 12.0 Å². The molecule has 2 aromatic rings. The van der Waals surface area contributed by atoms with Crippen LogP contribution >= 0.6 is 0 Å². The van der Waals surface area contributed by atoms with Crippen molar-refractivity contribution in [3.63, 3.8) is 0 Å². The summed E-state index contributed by atoms with van der Waals surface area (Å²) in [5.74, 6) is -0.832. The van der Waals surface area contributed by atoms with Gasteiger partial charge in [-0.05, 0) is 58.7 Å². The SMILES string of the molecule is CCc1ccc2ccc(/C=C/C(C)(C)C(=O)O)cc2n1.COC(C)(C)C.NC=O. The molecule has 1 aromatic heterocycles. The van der Waals surface area contributed by atoms with Crippen LogP contribution in [0.25, 0.3) is 17.0 Å². The molecule has 0 atom stereocenters. The molecule has 1 aromatic carbocycles. The Bertz CT molecular complexity index is 821. The van der Waals surface area contributed by atoms with Gasteiger partial charge in [0.25, 0.3) is 0 Å². The van der Waals surface area contributed by atoms with Gasteiger partial charge in [-0.1, -0.05) is 37.3 Å². The van der Waals surface area contributed by atoms with E-state index in [1.807, 2.05) is 51.1 Å². The minimum absolute atomic E-state index is 0.0417. The van der Waals surface area contributed by atoms with Crippen LogP contribution in [0.1, 0.15) is 52.8 Å². The number of ether oxygens (including phenoxy) is 1. The van der Waals surface area contributed by atoms with E-state index in [4.69, 9.17) is 14.6 Å². The molecule has 160 valence electrons. The maximum Gasteiger partial charge on any atom is 0.312 e. The highest BCUT2D eigenvalue weighted by molar-refractivity contribution is 5.82. The minimum atomic E-state index is -0.867. The van der Waals surface area contributed by atoms with E-state index >= 15 is 0 Å². The van der Waals surface area contributed by atoms with E-state index < -0.39 is 11.4 Å². The molecule has 0 fully saturated rings. The third-order valence-electron chi connectivity index (χ3n) is 3.99. The topological polar surface area (TPSA) is 103 Å². The van der Waals surface area contributed by atoms with Gasteiger partial charge in [0, 0.05) is 18.2 Å². The number of aromatic nitrogens is 1. The average Bonchev–Trinajstić information content (AvgIpc) is 2.66. The number of hydrogen-bond acceptors (Lipinski definition) is 4. The number of rotatable bonds is 4. The van der Waals surface area contributed by atoms with Gasteiger partial charge in [-0.2, -0.15) is 0 Å². The number of carboxylic acid groups (broad SMARTS) is 1. The fourth-order valence-corrected chi connectivity index (χ4v) is 1.85. The van der Waals surface area contributed by atoms with Gasteiger partial charge in [0.15, 0.2) is 0 Å². The van der Waals surface area contributed by atoms with Gasteiger partial charge in [-0.25, -0.2) is 0 Å². The number of carbonyl (C=O) groups excluding carboxylic acids is 1. The molecule has 0 saturated heterocycles. The molecule has 0 aliphatic heterocycles. The lowest BCUT2D eigenvalue weighted by Gasteiger charge is -2.14. The van der Waals surface area contributed by atoms with Crippen LogP contribution in [0.2, 0.25) is 0 Å². The first-order chi connectivity index (χ1) is 13.4. The number of carbonyl (C=O) groups is 2. The zero-order valence-electron chi connectivity index (χ0n) is 18.5. The summed E-state index contributed by atoms with van der Waals surface area (Å²) in [6, 6.07) is 10.1. The van der Waals surface area contributed by atoms with Crippen molar-refractivity contribution in [2.45, 2.75) is 53.6 Å². The Hall–Kier alpha value is -2.73. The number of aryl methyl sites for hydroxylation is 1. The van der Waals surface area contributed by atoms with Crippen LogP contribution in [-0.4, -0.2) is 35.2 Å². The van der Waals surface area contributed by atoms with Gasteiger partial charge in [-0.15, -0.1) is 0 Å². The average molecular weight is 403 g/mol. The first kappa shape index (κ1) is 26.3. The lowest BCUT2D eigenvalue weighted by atomic mass is 9.92. The molecule has 0 aliphatic carbocycles. The summed E-state index contributed by atoms with van der Waals surface area (Å²) in [6.45, 7) is 11.5. The summed E-state index contributed by atoms with van der Waals surface area (Å²) < 4.78 is 4.94. The number of aliphatic carboxylic acids is 1. The van der Waals surface area contributed by atoms with Crippen LogP contribution in [0, 0.1) is 5.41 Å². The maximum absolute atomic E-state index is 11.1. The lowest BCUT2D eigenvalue weighted by molar-refractivity contribution is -0.144. The highest BCUT2D eigenvalue weighted by Gasteiger charge is 2.22. The summed E-state index contributed by atoms with van der Waals surface area (Å²) in [7, 11) is 1.71. The molecule has 0 spiro atoms. The van der Waals surface area contributed by atoms with Gasteiger partial charge in [-0.3, -0.25) is 14.6 Å².